The van der Waals surface area contributed by atoms with Crippen LogP contribution < -0.4 is 0 Å². The lowest BCUT2D eigenvalue weighted by atomic mass is 10.1. The molecular weight excluding hydrogens is 160 g/mol. The minimum atomic E-state index is 0.902. The van der Waals surface area contributed by atoms with Gasteiger partial charge in [-0.3, -0.25) is 0 Å². The molecule has 1 heterocycles. The third kappa shape index (κ3) is 0.937. The molecule has 0 saturated heterocycles. The van der Waals surface area contributed by atoms with E-state index in [0.717, 1.165) is 11.0 Å². The van der Waals surface area contributed by atoms with Crippen molar-refractivity contribution in [1.82, 2.24) is 0 Å². The quantitative estimate of drug-likeness (QED) is 0.500. The average Bonchev–Trinajstić information content (AvgIpc) is 2.61. The Bertz CT molecular complexity index is 514. The Morgan fingerprint density at radius 1 is 1.00 bits per heavy atom. The molecule has 0 N–H and O–H groups in total. The third-order valence-electron chi connectivity index (χ3n) is 2.25. The van der Waals surface area contributed by atoms with Gasteiger partial charge in [0.25, 0.3) is 0 Å². The van der Waals surface area contributed by atoms with Crippen molar-refractivity contribution >= 4 is 21.7 Å². The number of rotatable bonds is 0. The Balaban J connectivity index is 2.57. The van der Waals surface area contributed by atoms with Crippen molar-refractivity contribution < 1.29 is 4.42 Å². The molecule has 1 nitrogen and oxygen atoms in total. The van der Waals surface area contributed by atoms with Gasteiger partial charge in [0, 0.05) is 11.5 Å². The minimum Gasteiger partial charge on any atom is -0.464 e. The van der Waals surface area contributed by atoms with E-state index in [1.807, 2.05) is 18.2 Å². The lowest BCUT2D eigenvalue weighted by molar-refractivity contribution is 0.615. The highest BCUT2D eigenvalue weighted by molar-refractivity contribution is 5.95. The summed E-state index contributed by atoms with van der Waals surface area (Å²) < 4.78 is 5.27. The molecule has 0 aliphatic carbocycles. The number of furan rings is 1. The normalized spacial score (nSPS) is 11.1. The zero-order valence-electron chi connectivity index (χ0n) is 6.95. The lowest BCUT2D eigenvalue weighted by Gasteiger charge is -1.95. The highest BCUT2D eigenvalue weighted by atomic mass is 16.3. The van der Waals surface area contributed by atoms with Gasteiger partial charge in [-0.1, -0.05) is 24.3 Å². The molecule has 61 valence electrons. The van der Waals surface area contributed by atoms with Crippen LogP contribution in [0.4, 0.5) is 0 Å². The third-order valence-corrected chi connectivity index (χ3v) is 2.25. The monoisotopic (exact) mass is 167 g/mol. The van der Waals surface area contributed by atoms with Crippen LogP contribution in [-0.2, 0) is 0 Å². The molecule has 0 spiro atoms. The molecule has 0 aliphatic rings. The van der Waals surface area contributed by atoms with Gasteiger partial charge >= 0.3 is 0 Å². The van der Waals surface area contributed by atoms with E-state index in [4.69, 9.17) is 4.42 Å². The van der Waals surface area contributed by atoms with Crippen LogP contribution in [0.5, 0.6) is 0 Å². The van der Waals surface area contributed by atoms with E-state index in [1.165, 1.54) is 10.8 Å². The van der Waals surface area contributed by atoms with E-state index in [-0.39, 0.29) is 0 Å². The van der Waals surface area contributed by atoms with Gasteiger partial charge in [0.1, 0.15) is 5.58 Å². The maximum Gasteiger partial charge on any atom is 0.135 e. The van der Waals surface area contributed by atoms with Gasteiger partial charge in [-0.05, 0) is 22.9 Å². The van der Waals surface area contributed by atoms with E-state index in [0.29, 0.717) is 0 Å². The molecule has 2 aromatic carbocycles. The summed E-state index contributed by atoms with van der Waals surface area (Å²) >= 11 is 0. The largest absolute Gasteiger partial charge is 0.464 e. The van der Waals surface area contributed by atoms with Gasteiger partial charge in [-0.15, -0.1) is 0 Å². The van der Waals surface area contributed by atoms with Crippen molar-refractivity contribution in [2.24, 2.45) is 0 Å². The summed E-state index contributed by atoms with van der Waals surface area (Å²) in [6.07, 6.45) is 1.60. The van der Waals surface area contributed by atoms with Gasteiger partial charge in [0.05, 0.1) is 6.26 Å². The van der Waals surface area contributed by atoms with E-state index in [2.05, 4.69) is 24.3 Å². The molecule has 3 rings (SSSR count). The predicted molar refractivity (Wildman–Crippen MR) is 52.6 cm³/mol. The Morgan fingerprint density at radius 3 is 2.62 bits per heavy atom. The summed E-state index contributed by atoms with van der Waals surface area (Å²) in [6, 6.07) is 15.4. The van der Waals surface area contributed by atoms with Crippen molar-refractivity contribution in [3.63, 3.8) is 0 Å². The van der Waals surface area contributed by atoms with E-state index < -0.39 is 0 Å². The molecule has 0 aliphatic heterocycles. The molecule has 0 fully saturated rings. The summed E-state index contributed by atoms with van der Waals surface area (Å²) in [5.74, 6) is 0. The first-order valence-corrected chi connectivity index (χ1v) is 4.21. The maximum atomic E-state index is 5.27. The van der Waals surface area contributed by atoms with Crippen molar-refractivity contribution in [1.29, 1.82) is 0 Å². The predicted octanol–water partition coefficient (Wildman–Crippen LogP) is 3.39. The van der Waals surface area contributed by atoms with E-state index in [1.54, 1.807) is 6.26 Å². The highest BCUT2D eigenvalue weighted by Gasteiger charge is 1.98. The zero-order chi connectivity index (χ0) is 8.67. The second-order valence-electron chi connectivity index (χ2n) is 3.08. The van der Waals surface area contributed by atoms with Crippen LogP contribution in [0, 0.1) is 6.07 Å². The molecule has 0 bridgehead atoms. The number of fused-ring (bicyclic) bond motifs is 2. The van der Waals surface area contributed by atoms with Crippen LogP contribution in [0.25, 0.3) is 21.7 Å². The van der Waals surface area contributed by atoms with Crippen LogP contribution in [0.2, 0.25) is 0 Å². The Labute approximate surface area is 75.6 Å². The molecular formula is C12H7O. The molecule has 1 heteroatoms. The van der Waals surface area contributed by atoms with Crippen molar-refractivity contribution in [3.8, 4) is 0 Å². The molecule has 1 radical (unpaired) electrons. The fourth-order valence-electron chi connectivity index (χ4n) is 1.59. The minimum absolute atomic E-state index is 0.902. The van der Waals surface area contributed by atoms with Crippen LogP contribution in [0.15, 0.2) is 47.1 Å². The molecule has 0 amide bonds. The smallest absolute Gasteiger partial charge is 0.135 e. The Morgan fingerprint density at radius 2 is 1.77 bits per heavy atom. The summed E-state index contributed by atoms with van der Waals surface area (Å²) in [4.78, 5) is 0. The van der Waals surface area contributed by atoms with Gasteiger partial charge in [-0.25, -0.2) is 0 Å². The first kappa shape index (κ1) is 6.72. The summed E-state index contributed by atoms with van der Waals surface area (Å²) in [7, 11) is 0. The number of hydrogen-bond acceptors (Lipinski definition) is 1. The molecule has 0 saturated carbocycles. The Kier molecular flexibility index (Phi) is 1.22. The summed E-state index contributed by atoms with van der Waals surface area (Å²) in [5, 5.41) is 3.48. The second kappa shape index (κ2) is 2.36. The van der Waals surface area contributed by atoms with Crippen LogP contribution >= 0.6 is 0 Å². The van der Waals surface area contributed by atoms with Crippen LogP contribution in [0.1, 0.15) is 0 Å². The van der Waals surface area contributed by atoms with Crippen LogP contribution in [-0.4, -0.2) is 0 Å². The first-order chi connectivity index (χ1) is 6.43. The second-order valence-corrected chi connectivity index (χ2v) is 3.08. The molecule has 0 unspecified atom stereocenters. The molecule has 0 atom stereocenters. The Hall–Kier alpha value is -1.76. The van der Waals surface area contributed by atoms with Crippen molar-refractivity contribution in [2.75, 3.05) is 0 Å². The van der Waals surface area contributed by atoms with Gasteiger partial charge in [0.15, 0.2) is 0 Å². The lowest BCUT2D eigenvalue weighted by Crippen LogP contribution is -1.70. The van der Waals surface area contributed by atoms with Gasteiger partial charge in [-0.2, -0.15) is 0 Å². The fraction of sp³-hybridized carbons (Fsp3) is 0. The number of benzene rings is 2. The highest BCUT2D eigenvalue weighted by Crippen LogP contribution is 2.22. The van der Waals surface area contributed by atoms with Crippen molar-refractivity contribution in [3.05, 3.63) is 48.7 Å². The van der Waals surface area contributed by atoms with E-state index >= 15 is 0 Å². The first-order valence-electron chi connectivity index (χ1n) is 4.21. The van der Waals surface area contributed by atoms with E-state index in [9.17, 15) is 0 Å². The SMILES string of the molecule is [c]1coc2cc3ccccc3cc12. The summed E-state index contributed by atoms with van der Waals surface area (Å²) in [6.45, 7) is 0. The fourth-order valence-corrected chi connectivity index (χ4v) is 1.59. The maximum absolute atomic E-state index is 5.27. The van der Waals surface area contributed by atoms with Crippen molar-refractivity contribution in [2.45, 2.75) is 0 Å². The van der Waals surface area contributed by atoms with Crippen LogP contribution in [0.3, 0.4) is 0 Å². The van der Waals surface area contributed by atoms with Gasteiger partial charge < -0.3 is 4.42 Å². The standard InChI is InChI=1S/C12H7O/c1-2-4-10-8-12-11(5-6-13-12)7-9(10)3-1/h1-4,6-8H. The average molecular weight is 167 g/mol. The number of hydrogen-bond donors (Lipinski definition) is 0. The topological polar surface area (TPSA) is 13.1 Å². The molecule has 13 heavy (non-hydrogen) atoms. The zero-order valence-corrected chi connectivity index (χ0v) is 6.95. The summed E-state index contributed by atoms with van der Waals surface area (Å²) in [5.41, 5.74) is 0.902. The molecule has 1 aromatic heterocycles. The van der Waals surface area contributed by atoms with Gasteiger partial charge in [0.2, 0.25) is 0 Å². The molecule has 3 aromatic rings.